The fourth-order valence-electron chi connectivity index (χ4n) is 2.57. The minimum atomic E-state index is 0.427. The number of benzene rings is 1. The summed E-state index contributed by atoms with van der Waals surface area (Å²) in [5, 5.41) is 14.5. The van der Waals surface area contributed by atoms with Crippen molar-refractivity contribution in [1.29, 1.82) is 0 Å². The maximum atomic E-state index is 6.05. The van der Waals surface area contributed by atoms with Crippen LogP contribution in [0.4, 0.5) is 10.9 Å². The second-order valence-electron chi connectivity index (χ2n) is 5.14. The smallest absolute Gasteiger partial charge is 0.203 e. The summed E-state index contributed by atoms with van der Waals surface area (Å²) in [6.45, 7) is 2.71. The van der Waals surface area contributed by atoms with Gasteiger partial charge < -0.3 is 11.5 Å². The van der Waals surface area contributed by atoms with Crippen LogP contribution in [0.3, 0.4) is 0 Å². The lowest BCUT2D eigenvalue weighted by atomic mass is 10.1. The van der Waals surface area contributed by atoms with Gasteiger partial charge >= 0.3 is 0 Å². The van der Waals surface area contributed by atoms with Gasteiger partial charge in [-0.05, 0) is 6.92 Å². The Kier molecular flexibility index (Phi) is 3.35. The van der Waals surface area contributed by atoms with Crippen LogP contribution < -0.4 is 11.5 Å². The molecule has 0 fully saturated rings. The molecule has 0 radical (unpaired) electrons. The van der Waals surface area contributed by atoms with Gasteiger partial charge in [0.1, 0.15) is 22.8 Å². The van der Waals surface area contributed by atoms with Crippen molar-refractivity contribution in [2.75, 3.05) is 11.5 Å². The standard InChI is InChI=1S/C15H14N8S/c1-2-23-13-10(12(16)18-7-19-13)11(22-23)8-3-5-9(6-4-8)14-20-21-15(17)24-14/h3-7H,2H2,1H3,(H2,17,21)(H2,16,18,19). The molecule has 0 saturated heterocycles. The fourth-order valence-corrected chi connectivity index (χ4v) is 3.19. The molecule has 0 saturated carbocycles. The SMILES string of the molecule is CCn1nc(-c2ccc(-c3nnc(N)s3)cc2)c2c(N)ncnc21. The van der Waals surface area contributed by atoms with Crippen molar-refractivity contribution in [3.63, 3.8) is 0 Å². The van der Waals surface area contributed by atoms with Gasteiger partial charge in [0.15, 0.2) is 5.65 Å². The molecule has 9 heteroatoms. The van der Waals surface area contributed by atoms with E-state index in [1.165, 1.54) is 17.7 Å². The van der Waals surface area contributed by atoms with E-state index in [0.29, 0.717) is 17.5 Å². The Bertz CT molecular complexity index is 1020. The molecule has 0 aliphatic carbocycles. The molecule has 4 N–H and O–H groups in total. The summed E-state index contributed by atoms with van der Waals surface area (Å²) < 4.78 is 1.82. The number of nitrogens with zero attached hydrogens (tertiary/aromatic N) is 6. The Morgan fingerprint density at radius 1 is 1.04 bits per heavy atom. The van der Waals surface area contributed by atoms with Gasteiger partial charge in [-0.15, -0.1) is 10.2 Å². The molecule has 4 aromatic rings. The van der Waals surface area contributed by atoms with Gasteiger partial charge in [0.25, 0.3) is 0 Å². The number of aromatic nitrogens is 6. The molecular weight excluding hydrogens is 324 g/mol. The normalized spacial score (nSPS) is 11.2. The summed E-state index contributed by atoms with van der Waals surface area (Å²) >= 11 is 1.35. The summed E-state index contributed by atoms with van der Waals surface area (Å²) in [7, 11) is 0. The predicted molar refractivity (Wildman–Crippen MR) is 94.2 cm³/mol. The second kappa shape index (κ2) is 5.53. The van der Waals surface area contributed by atoms with Crippen LogP contribution in [0.2, 0.25) is 0 Å². The van der Waals surface area contributed by atoms with E-state index in [2.05, 4.69) is 25.3 Å². The number of anilines is 2. The van der Waals surface area contributed by atoms with E-state index in [-0.39, 0.29) is 0 Å². The van der Waals surface area contributed by atoms with Crippen LogP contribution >= 0.6 is 11.3 Å². The van der Waals surface area contributed by atoms with Crippen molar-refractivity contribution in [3.8, 4) is 21.8 Å². The topological polar surface area (TPSA) is 121 Å². The molecule has 0 aliphatic rings. The Hall–Kier alpha value is -3.07. The Morgan fingerprint density at radius 2 is 1.79 bits per heavy atom. The Balaban J connectivity index is 1.83. The van der Waals surface area contributed by atoms with E-state index < -0.39 is 0 Å². The van der Waals surface area contributed by atoms with Crippen LogP contribution in [0.1, 0.15) is 6.92 Å². The van der Waals surface area contributed by atoms with Crippen LogP contribution in [-0.4, -0.2) is 29.9 Å². The molecule has 3 aromatic heterocycles. The number of hydrogen-bond acceptors (Lipinski definition) is 8. The summed E-state index contributed by atoms with van der Waals surface area (Å²) in [6.07, 6.45) is 1.46. The minimum Gasteiger partial charge on any atom is -0.383 e. The number of rotatable bonds is 3. The molecule has 4 rings (SSSR count). The molecule has 0 bridgehead atoms. The Morgan fingerprint density at radius 3 is 2.46 bits per heavy atom. The first kappa shape index (κ1) is 14.5. The maximum absolute atomic E-state index is 6.05. The van der Waals surface area contributed by atoms with E-state index in [0.717, 1.165) is 32.9 Å². The number of nitrogen functional groups attached to an aromatic ring is 2. The van der Waals surface area contributed by atoms with Gasteiger partial charge in [0.05, 0.1) is 5.39 Å². The molecule has 0 amide bonds. The lowest BCUT2D eigenvalue weighted by molar-refractivity contribution is 0.679. The molecule has 3 heterocycles. The zero-order chi connectivity index (χ0) is 16.7. The molecular formula is C15H14N8S. The van der Waals surface area contributed by atoms with E-state index in [1.54, 1.807) is 0 Å². The Labute approximate surface area is 141 Å². The third-order valence-corrected chi connectivity index (χ3v) is 4.51. The van der Waals surface area contributed by atoms with Gasteiger partial charge in [0.2, 0.25) is 5.13 Å². The summed E-state index contributed by atoms with van der Waals surface area (Å²) in [5.41, 5.74) is 15.1. The largest absolute Gasteiger partial charge is 0.383 e. The van der Waals surface area contributed by atoms with Crippen molar-refractivity contribution >= 4 is 33.3 Å². The molecule has 0 aliphatic heterocycles. The van der Waals surface area contributed by atoms with Gasteiger partial charge in [-0.3, -0.25) is 0 Å². The van der Waals surface area contributed by atoms with Crippen molar-refractivity contribution in [2.24, 2.45) is 0 Å². The number of fused-ring (bicyclic) bond motifs is 1. The first-order valence-electron chi connectivity index (χ1n) is 7.34. The molecule has 24 heavy (non-hydrogen) atoms. The molecule has 0 atom stereocenters. The highest BCUT2D eigenvalue weighted by Gasteiger charge is 2.16. The summed E-state index contributed by atoms with van der Waals surface area (Å²) in [5.74, 6) is 0.427. The van der Waals surface area contributed by atoms with E-state index in [4.69, 9.17) is 11.5 Å². The lowest BCUT2D eigenvalue weighted by Crippen LogP contribution is -1.98. The van der Waals surface area contributed by atoms with Crippen LogP contribution in [0, 0.1) is 0 Å². The van der Waals surface area contributed by atoms with E-state index >= 15 is 0 Å². The second-order valence-corrected chi connectivity index (χ2v) is 6.15. The summed E-state index contributed by atoms with van der Waals surface area (Å²) in [4.78, 5) is 8.40. The minimum absolute atomic E-state index is 0.427. The highest BCUT2D eigenvalue weighted by Crippen LogP contribution is 2.32. The maximum Gasteiger partial charge on any atom is 0.203 e. The third kappa shape index (κ3) is 2.26. The lowest BCUT2D eigenvalue weighted by Gasteiger charge is -2.01. The van der Waals surface area contributed by atoms with Crippen molar-refractivity contribution in [2.45, 2.75) is 13.5 Å². The average molecular weight is 338 g/mol. The monoisotopic (exact) mass is 338 g/mol. The summed E-state index contributed by atoms with van der Waals surface area (Å²) in [6, 6.07) is 7.88. The quantitative estimate of drug-likeness (QED) is 0.587. The molecule has 8 nitrogen and oxygen atoms in total. The van der Waals surface area contributed by atoms with E-state index in [9.17, 15) is 0 Å². The van der Waals surface area contributed by atoms with Crippen LogP contribution in [0.5, 0.6) is 0 Å². The first-order chi connectivity index (χ1) is 11.7. The van der Waals surface area contributed by atoms with Gasteiger partial charge in [-0.2, -0.15) is 5.10 Å². The first-order valence-corrected chi connectivity index (χ1v) is 8.15. The number of nitrogens with two attached hydrogens (primary N) is 2. The predicted octanol–water partition coefficient (Wildman–Crippen LogP) is 2.20. The van der Waals surface area contributed by atoms with Crippen molar-refractivity contribution < 1.29 is 0 Å². The zero-order valence-corrected chi connectivity index (χ0v) is 13.7. The van der Waals surface area contributed by atoms with Gasteiger partial charge in [0, 0.05) is 17.7 Å². The van der Waals surface area contributed by atoms with Crippen molar-refractivity contribution in [1.82, 2.24) is 29.9 Å². The van der Waals surface area contributed by atoms with Gasteiger partial charge in [-0.25, -0.2) is 14.6 Å². The van der Waals surface area contributed by atoms with Gasteiger partial charge in [-0.1, -0.05) is 35.6 Å². The molecule has 120 valence electrons. The highest BCUT2D eigenvalue weighted by molar-refractivity contribution is 7.18. The zero-order valence-electron chi connectivity index (χ0n) is 12.8. The average Bonchev–Trinajstić information content (AvgIpc) is 3.19. The molecule has 0 spiro atoms. The van der Waals surface area contributed by atoms with Crippen LogP contribution in [0.15, 0.2) is 30.6 Å². The molecule has 1 aromatic carbocycles. The van der Waals surface area contributed by atoms with E-state index in [1.807, 2.05) is 35.9 Å². The number of hydrogen-bond donors (Lipinski definition) is 2. The van der Waals surface area contributed by atoms with Crippen LogP contribution in [0.25, 0.3) is 32.9 Å². The fraction of sp³-hybridized carbons (Fsp3) is 0.133. The third-order valence-electron chi connectivity index (χ3n) is 3.70. The van der Waals surface area contributed by atoms with Crippen LogP contribution in [-0.2, 0) is 6.54 Å². The number of aryl methyl sites for hydroxylation is 1. The highest BCUT2D eigenvalue weighted by atomic mass is 32.1. The molecule has 0 unspecified atom stereocenters. The van der Waals surface area contributed by atoms with Crippen molar-refractivity contribution in [3.05, 3.63) is 30.6 Å².